The summed E-state index contributed by atoms with van der Waals surface area (Å²) in [5.74, 6) is 0. The molecule has 0 aliphatic rings. The molecule has 1 N–H and O–H groups in total. The number of aromatic amines is 1. The maximum Gasteiger partial charge on any atom is 0.271 e. The minimum absolute atomic E-state index is 0.0801. The molecule has 0 fully saturated rings. The first-order chi connectivity index (χ1) is 10.5. The van der Waals surface area contributed by atoms with E-state index in [0.717, 1.165) is 10.0 Å². The van der Waals surface area contributed by atoms with Gasteiger partial charge in [-0.05, 0) is 17.7 Å². The van der Waals surface area contributed by atoms with E-state index in [1.165, 1.54) is 18.2 Å². The second-order valence-electron chi connectivity index (χ2n) is 4.74. The number of fused-ring (bicyclic) bond motifs is 1. The zero-order valence-corrected chi connectivity index (χ0v) is 12.8. The number of hydrogen-bond acceptors (Lipinski definition) is 4. The number of nitrogens with one attached hydrogen (secondary N) is 1. The molecule has 0 saturated carbocycles. The fourth-order valence-corrected chi connectivity index (χ4v) is 2.59. The molecule has 0 bridgehead atoms. The van der Waals surface area contributed by atoms with E-state index in [9.17, 15) is 14.9 Å². The van der Waals surface area contributed by atoms with Crippen molar-refractivity contribution in [1.82, 2.24) is 9.97 Å². The molecule has 0 radical (unpaired) electrons. The zero-order valence-electron chi connectivity index (χ0n) is 11.2. The first kappa shape index (κ1) is 14.4. The fourth-order valence-electron chi connectivity index (χ4n) is 2.17. The number of benzene rings is 2. The van der Waals surface area contributed by atoms with Crippen LogP contribution in [0.5, 0.6) is 0 Å². The van der Waals surface area contributed by atoms with E-state index in [4.69, 9.17) is 0 Å². The molecule has 7 heteroatoms. The van der Waals surface area contributed by atoms with Gasteiger partial charge < -0.3 is 4.98 Å². The van der Waals surface area contributed by atoms with Gasteiger partial charge in [-0.3, -0.25) is 14.9 Å². The van der Waals surface area contributed by atoms with Gasteiger partial charge >= 0.3 is 0 Å². The third-order valence-electron chi connectivity index (χ3n) is 3.27. The normalized spacial score (nSPS) is 10.8. The molecule has 0 atom stereocenters. The number of non-ortho nitro benzene ring substituents is 1. The zero-order chi connectivity index (χ0) is 15.7. The van der Waals surface area contributed by atoms with E-state index in [2.05, 4.69) is 25.9 Å². The highest BCUT2D eigenvalue weighted by Crippen LogP contribution is 2.20. The molecule has 1 heterocycles. The van der Waals surface area contributed by atoms with Gasteiger partial charge in [-0.2, -0.15) is 0 Å². The van der Waals surface area contributed by atoms with Crippen molar-refractivity contribution in [2.75, 3.05) is 0 Å². The lowest BCUT2D eigenvalue weighted by Gasteiger charge is -2.05. The smallest absolute Gasteiger partial charge is 0.271 e. The van der Waals surface area contributed by atoms with Gasteiger partial charge in [0.15, 0.2) is 0 Å². The summed E-state index contributed by atoms with van der Waals surface area (Å²) in [5.41, 5.74) is 1.77. The van der Waals surface area contributed by atoms with Crippen LogP contribution < -0.4 is 5.56 Å². The Bertz CT molecular complexity index is 937. The van der Waals surface area contributed by atoms with Gasteiger partial charge in [0.2, 0.25) is 0 Å². The van der Waals surface area contributed by atoms with E-state index in [-0.39, 0.29) is 11.2 Å². The maximum absolute atomic E-state index is 12.1. The van der Waals surface area contributed by atoms with Crippen LogP contribution in [0.4, 0.5) is 5.69 Å². The summed E-state index contributed by atoms with van der Waals surface area (Å²) >= 11 is 3.44. The van der Waals surface area contributed by atoms with Crippen molar-refractivity contribution >= 4 is 32.7 Å². The predicted molar refractivity (Wildman–Crippen MR) is 86.0 cm³/mol. The average molecular weight is 360 g/mol. The third-order valence-corrected chi connectivity index (χ3v) is 4.05. The summed E-state index contributed by atoms with van der Waals surface area (Å²) in [6.45, 7) is 0. The summed E-state index contributed by atoms with van der Waals surface area (Å²) in [4.78, 5) is 29.4. The molecule has 22 heavy (non-hydrogen) atoms. The fraction of sp³-hybridized carbons (Fsp3) is 0.0667. The monoisotopic (exact) mass is 359 g/mol. The number of rotatable bonds is 3. The third kappa shape index (κ3) is 2.75. The SMILES string of the molecule is O=c1[nH]c2cc([N+](=O)[O-])ccc2nc1Cc1ccccc1Br. The standard InChI is InChI=1S/C15H10BrN3O3/c16-11-4-2-1-3-9(11)7-14-15(20)18-13-8-10(19(21)22)5-6-12(13)17-14/h1-6,8H,7H2,(H,18,20). The van der Waals surface area contributed by atoms with Crippen molar-refractivity contribution in [3.8, 4) is 0 Å². The number of H-pyrrole nitrogens is 1. The summed E-state index contributed by atoms with van der Waals surface area (Å²) < 4.78 is 0.903. The summed E-state index contributed by atoms with van der Waals surface area (Å²) in [5, 5.41) is 10.8. The van der Waals surface area contributed by atoms with Crippen LogP contribution in [0.1, 0.15) is 11.3 Å². The van der Waals surface area contributed by atoms with Gasteiger partial charge in [0.25, 0.3) is 11.2 Å². The number of hydrogen-bond donors (Lipinski definition) is 1. The Morgan fingerprint density at radius 1 is 1.23 bits per heavy atom. The molecule has 0 spiro atoms. The molecule has 0 unspecified atom stereocenters. The van der Waals surface area contributed by atoms with Crippen LogP contribution in [0, 0.1) is 10.1 Å². The Morgan fingerprint density at radius 2 is 2.00 bits per heavy atom. The van der Waals surface area contributed by atoms with Crippen LogP contribution in [0.3, 0.4) is 0 Å². The number of aromatic nitrogens is 2. The van der Waals surface area contributed by atoms with Gasteiger partial charge in [0.1, 0.15) is 5.69 Å². The summed E-state index contributed by atoms with van der Waals surface area (Å²) in [7, 11) is 0. The molecule has 1 aromatic heterocycles. The number of nitro groups is 1. The summed E-state index contributed by atoms with van der Waals surface area (Å²) in [6, 6.07) is 11.8. The van der Waals surface area contributed by atoms with Gasteiger partial charge in [0.05, 0.1) is 16.0 Å². The minimum atomic E-state index is -0.507. The summed E-state index contributed by atoms with van der Waals surface area (Å²) in [6.07, 6.45) is 0.379. The lowest BCUT2D eigenvalue weighted by Crippen LogP contribution is -2.15. The first-order valence-corrected chi connectivity index (χ1v) is 7.24. The molecule has 3 rings (SSSR count). The molecule has 2 aromatic carbocycles. The Kier molecular flexibility index (Phi) is 3.72. The van der Waals surface area contributed by atoms with Crippen molar-refractivity contribution in [2.45, 2.75) is 6.42 Å². The van der Waals surface area contributed by atoms with Crippen LogP contribution in [-0.4, -0.2) is 14.9 Å². The Labute approximate surface area is 133 Å². The average Bonchev–Trinajstić information content (AvgIpc) is 2.49. The molecular formula is C15H10BrN3O3. The number of nitrogens with zero attached hydrogens (tertiary/aromatic N) is 2. The second kappa shape index (κ2) is 5.69. The van der Waals surface area contributed by atoms with Crippen molar-refractivity contribution < 1.29 is 4.92 Å². The number of nitro benzene ring substituents is 1. The van der Waals surface area contributed by atoms with Crippen molar-refractivity contribution in [3.63, 3.8) is 0 Å². The van der Waals surface area contributed by atoms with E-state index < -0.39 is 4.92 Å². The van der Waals surface area contributed by atoms with E-state index in [0.29, 0.717) is 23.1 Å². The molecule has 0 aliphatic heterocycles. The highest BCUT2D eigenvalue weighted by atomic mass is 79.9. The molecule has 3 aromatic rings. The van der Waals surface area contributed by atoms with E-state index >= 15 is 0 Å². The van der Waals surface area contributed by atoms with Crippen LogP contribution in [0.2, 0.25) is 0 Å². The quantitative estimate of drug-likeness (QED) is 0.574. The van der Waals surface area contributed by atoms with Gasteiger partial charge in [-0.1, -0.05) is 34.1 Å². The molecule has 110 valence electrons. The lowest BCUT2D eigenvalue weighted by atomic mass is 10.1. The maximum atomic E-state index is 12.1. The molecule has 0 amide bonds. The topological polar surface area (TPSA) is 88.9 Å². The predicted octanol–water partition coefficient (Wildman–Crippen LogP) is 3.18. The highest BCUT2D eigenvalue weighted by molar-refractivity contribution is 9.10. The minimum Gasteiger partial charge on any atom is -0.319 e. The van der Waals surface area contributed by atoms with Crippen molar-refractivity contribution in [3.05, 3.63) is 78.7 Å². The molecule has 0 saturated heterocycles. The van der Waals surface area contributed by atoms with Gasteiger partial charge in [-0.15, -0.1) is 0 Å². The van der Waals surface area contributed by atoms with Crippen LogP contribution in [-0.2, 0) is 6.42 Å². The Hall–Kier alpha value is -2.54. The van der Waals surface area contributed by atoms with Crippen LogP contribution in [0.15, 0.2) is 51.7 Å². The van der Waals surface area contributed by atoms with Crippen LogP contribution in [0.25, 0.3) is 11.0 Å². The van der Waals surface area contributed by atoms with E-state index in [1.54, 1.807) is 0 Å². The molecule has 6 nitrogen and oxygen atoms in total. The first-order valence-electron chi connectivity index (χ1n) is 6.45. The van der Waals surface area contributed by atoms with Gasteiger partial charge in [0, 0.05) is 23.0 Å². The highest BCUT2D eigenvalue weighted by Gasteiger charge is 2.11. The largest absolute Gasteiger partial charge is 0.319 e. The van der Waals surface area contributed by atoms with Gasteiger partial charge in [-0.25, -0.2) is 4.98 Å². The van der Waals surface area contributed by atoms with Crippen molar-refractivity contribution in [2.24, 2.45) is 0 Å². The Balaban J connectivity index is 2.07. The van der Waals surface area contributed by atoms with Crippen molar-refractivity contribution in [1.29, 1.82) is 0 Å². The molecule has 0 aliphatic carbocycles. The van der Waals surface area contributed by atoms with E-state index in [1.807, 2.05) is 24.3 Å². The second-order valence-corrected chi connectivity index (χ2v) is 5.59. The number of halogens is 1. The Morgan fingerprint density at radius 3 is 2.73 bits per heavy atom. The molecular weight excluding hydrogens is 350 g/mol. The van der Waals surface area contributed by atoms with Crippen LogP contribution >= 0.6 is 15.9 Å². The lowest BCUT2D eigenvalue weighted by molar-refractivity contribution is -0.384.